The lowest BCUT2D eigenvalue weighted by Crippen LogP contribution is -2.14. The monoisotopic (exact) mass is 339 g/mol. The van der Waals surface area contributed by atoms with Crippen molar-refractivity contribution < 1.29 is 4.79 Å². The van der Waals surface area contributed by atoms with Crippen LogP contribution >= 0.6 is 38.5 Å². The van der Waals surface area contributed by atoms with Crippen molar-refractivity contribution in [2.24, 2.45) is 5.73 Å². The summed E-state index contributed by atoms with van der Waals surface area (Å²) in [7, 11) is 0. The summed E-state index contributed by atoms with van der Waals surface area (Å²) in [5.74, 6) is -0.377. The third-order valence-electron chi connectivity index (χ3n) is 1.55. The molecule has 2 N–H and O–H groups in total. The van der Waals surface area contributed by atoms with E-state index < -0.39 is 0 Å². The lowest BCUT2D eigenvalue weighted by atomic mass is 10.1. The van der Waals surface area contributed by atoms with E-state index >= 15 is 0 Å². The molecule has 0 bridgehead atoms. The van der Waals surface area contributed by atoms with Crippen LogP contribution in [0.15, 0.2) is 16.6 Å². The van der Waals surface area contributed by atoms with E-state index in [1.165, 1.54) is 0 Å². The number of aryl methyl sites for hydroxylation is 1. The predicted molar refractivity (Wildman–Crippen MR) is 60.1 cm³/mol. The van der Waals surface area contributed by atoms with E-state index in [0.717, 1.165) is 13.6 Å². The molecule has 0 aliphatic rings. The first-order valence-corrected chi connectivity index (χ1v) is 5.15. The van der Waals surface area contributed by atoms with Gasteiger partial charge in [0.05, 0.1) is 5.56 Å². The maximum Gasteiger partial charge on any atom is 0.250 e. The molecule has 0 aromatic heterocycles. The molecule has 0 saturated heterocycles. The highest BCUT2D eigenvalue weighted by molar-refractivity contribution is 14.1. The predicted octanol–water partition coefficient (Wildman–Crippen LogP) is 2.46. The number of rotatable bonds is 1. The average Bonchev–Trinajstić information content (AvgIpc) is 1.97. The van der Waals surface area contributed by atoms with Crippen LogP contribution in [0.1, 0.15) is 15.9 Å². The molecule has 1 amide bonds. The standard InChI is InChI=1S/C8H7BrINO/c1-4-2-3-5(9)7(10)6(4)8(11)12/h2-3H,1H3,(H2,11,12). The SMILES string of the molecule is Cc1ccc(Br)c(I)c1C(N)=O. The Morgan fingerprint density at radius 3 is 2.58 bits per heavy atom. The Balaban J connectivity index is 3.43. The number of hydrogen-bond acceptors (Lipinski definition) is 1. The number of halogens is 2. The molecular formula is C8H7BrINO. The Bertz CT molecular complexity index is 338. The molecule has 0 heterocycles. The second-order valence-electron chi connectivity index (χ2n) is 2.42. The van der Waals surface area contributed by atoms with Gasteiger partial charge in [0.25, 0.3) is 0 Å². The van der Waals surface area contributed by atoms with Crippen molar-refractivity contribution >= 4 is 44.4 Å². The van der Waals surface area contributed by atoms with Gasteiger partial charge in [0.2, 0.25) is 5.91 Å². The van der Waals surface area contributed by atoms with Crippen molar-refractivity contribution in [1.29, 1.82) is 0 Å². The van der Waals surface area contributed by atoms with Crippen LogP contribution in [0, 0.1) is 10.5 Å². The third kappa shape index (κ3) is 1.80. The summed E-state index contributed by atoms with van der Waals surface area (Å²) in [6, 6.07) is 3.77. The van der Waals surface area contributed by atoms with E-state index in [0.29, 0.717) is 5.56 Å². The van der Waals surface area contributed by atoms with Gasteiger partial charge in [0.15, 0.2) is 0 Å². The highest BCUT2D eigenvalue weighted by atomic mass is 127. The van der Waals surface area contributed by atoms with Gasteiger partial charge in [-0.25, -0.2) is 0 Å². The van der Waals surface area contributed by atoms with Crippen LogP contribution in [-0.4, -0.2) is 5.91 Å². The summed E-state index contributed by atoms with van der Waals surface area (Å²) in [6.45, 7) is 1.87. The molecule has 0 saturated carbocycles. The van der Waals surface area contributed by atoms with Crippen LogP contribution in [0.5, 0.6) is 0 Å². The maximum atomic E-state index is 11.0. The lowest BCUT2D eigenvalue weighted by Gasteiger charge is -2.05. The zero-order valence-corrected chi connectivity index (χ0v) is 10.1. The normalized spacial score (nSPS) is 9.92. The van der Waals surface area contributed by atoms with Crippen molar-refractivity contribution in [3.63, 3.8) is 0 Å². The Hall–Kier alpha value is -0.100. The number of hydrogen-bond donors (Lipinski definition) is 1. The summed E-state index contributed by atoms with van der Waals surface area (Å²) in [6.07, 6.45) is 0. The quantitative estimate of drug-likeness (QED) is 0.785. The van der Waals surface area contributed by atoms with Crippen molar-refractivity contribution in [3.8, 4) is 0 Å². The Labute approximate surface area is 92.8 Å². The molecule has 0 aliphatic heterocycles. The summed E-state index contributed by atoms with van der Waals surface area (Å²) in [4.78, 5) is 11.0. The van der Waals surface area contributed by atoms with Gasteiger partial charge >= 0.3 is 0 Å². The van der Waals surface area contributed by atoms with Crippen LogP contribution < -0.4 is 5.73 Å². The Morgan fingerprint density at radius 1 is 1.58 bits per heavy atom. The zero-order chi connectivity index (χ0) is 9.30. The van der Waals surface area contributed by atoms with Crippen molar-refractivity contribution in [3.05, 3.63) is 31.3 Å². The second-order valence-corrected chi connectivity index (χ2v) is 4.35. The minimum atomic E-state index is -0.377. The summed E-state index contributed by atoms with van der Waals surface area (Å²) in [5.41, 5.74) is 6.73. The average molecular weight is 340 g/mol. The number of primary amides is 1. The minimum Gasteiger partial charge on any atom is -0.366 e. The highest BCUT2D eigenvalue weighted by Gasteiger charge is 2.11. The van der Waals surface area contributed by atoms with E-state index in [4.69, 9.17) is 5.73 Å². The molecule has 1 aromatic carbocycles. The highest BCUT2D eigenvalue weighted by Crippen LogP contribution is 2.24. The topological polar surface area (TPSA) is 43.1 Å². The summed E-state index contributed by atoms with van der Waals surface area (Å²) >= 11 is 5.43. The van der Waals surface area contributed by atoms with Crippen LogP contribution in [0.25, 0.3) is 0 Å². The largest absolute Gasteiger partial charge is 0.366 e. The van der Waals surface area contributed by atoms with E-state index in [2.05, 4.69) is 38.5 Å². The fourth-order valence-corrected chi connectivity index (χ4v) is 2.15. The van der Waals surface area contributed by atoms with Crippen LogP contribution in [0.2, 0.25) is 0 Å². The smallest absolute Gasteiger partial charge is 0.250 e. The molecule has 2 nitrogen and oxygen atoms in total. The third-order valence-corrected chi connectivity index (χ3v) is 4.07. The van der Waals surface area contributed by atoms with Gasteiger partial charge in [-0.05, 0) is 57.1 Å². The summed E-state index contributed by atoms with van der Waals surface area (Å²) in [5, 5.41) is 0. The Morgan fingerprint density at radius 2 is 2.17 bits per heavy atom. The fourth-order valence-electron chi connectivity index (χ4n) is 0.950. The first-order chi connectivity index (χ1) is 5.54. The number of carbonyl (C=O) groups is 1. The summed E-state index contributed by atoms with van der Waals surface area (Å²) < 4.78 is 1.78. The molecule has 12 heavy (non-hydrogen) atoms. The van der Waals surface area contributed by atoms with Crippen molar-refractivity contribution in [1.82, 2.24) is 0 Å². The number of amides is 1. The second kappa shape index (κ2) is 3.74. The lowest BCUT2D eigenvalue weighted by molar-refractivity contribution is 0.0999. The Kier molecular flexibility index (Phi) is 3.11. The number of nitrogens with two attached hydrogens (primary N) is 1. The number of benzene rings is 1. The van der Waals surface area contributed by atoms with Crippen LogP contribution in [-0.2, 0) is 0 Å². The first-order valence-electron chi connectivity index (χ1n) is 3.28. The molecule has 0 atom stereocenters. The van der Waals surface area contributed by atoms with E-state index in [1.54, 1.807) is 0 Å². The molecule has 0 radical (unpaired) electrons. The van der Waals surface area contributed by atoms with Crippen LogP contribution in [0.3, 0.4) is 0 Å². The zero-order valence-electron chi connectivity index (χ0n) is 6.40. The fraction of sp³-hybridized carbons (Fsp3) is 0.125. The molecule has 0 aliphatic carbocycles. The van der Waals surface area contributed by atoms with Crippen molar-refractivity contribution in [2.75, 3.05) is 0 Å². The molecular weight excluding hydrogens is 333 g/mol. The van der Waals surface area contributed by atoms with Crippen LogP contribution in [0.4, 0.5) is 0 Å². The van der Waals surface area contributed by atoms with Gasteiger partial charge in [-0.15, -0.1) is 0 Å². The minimum absolute atomic E-state index is 0.377. The molecule has 0 unspecified atom stereocenters. The van der Waals surface area contributed by atoms with Gasteiger partial charge in [0.1, 0.15) is 0 Å². The van der Waals surface area contributed by atoms with E-state index in [9.17, 15) is 4.79 Å². The molecule has 1 rings (SSSR count). The van der Waals surface area contributed by atoms with E-state index in [1.807, 2.05) is 19.1 Å². The molecule has 4 heteroatoms. The molecule has 1 aromatic rings. The van der Waals surface area contributed by atoms with Gasteiger partial charge in [0, 0.05) is 8.04 Å². The van der Waals surface area contributed by atoms with Gasteiger partial charge in [-0.1, -0.05) is 6.07 Å². The molecule has 0 spiro atoms. The van der Waals surface area contributed by atoms with Gasteiger partial charge in [-0.2, -0.15) is 0 Å². The molecule has 64 valence electrons. The number of carbonyl (C=O) groups excluding carboxylic acids is 1. The van der Waals surface area contributed by atoms with Gasteiger partial charge in [-0.3, -0.25) is 4.79 Å². The van der Waals surface area contributed by atoms with E-state index in [-0.39, 0.29) is 5.91 Å². The van der Waals surface area contributed by atoms with Crippen molar-refractivity contribution in [2.45, 2.75) is 6.92 Å². The van der Waals surface area contributed by atoms with Gasteiger partial charge < -0.3 is 5.73 Å². The molecule has 0 fully saturated rings. The first kappa shape index (κ1) is 9.98. The maximum absolute atomic E-state index is 11.0.